The molecule has 0 heterocycles. The number of nitrogens with one attached hydrogen (secondary N) is 1. The fourth-order valence-corrected chi connectivity index (χ4v) is 2.69. The van der Waals surface area contributed by atoms with Crippen molar-refractivity contribution in [3.63, 3.8) is 0 Å². The fraction of sp³-hybridized carbons (Fsp3) is 0.368. The Hall–Kier alpha value is -1.60. The van der Waals surface area contributed by atoms with Crippen LogP contribution in [0.15, 0.2) is 48.5 Å². The minimum atomic E-state index is 0.399. The molecule has 1 atom stereocenters. The smallest absolute Gasteiger partial charge is 0.0361 e. The van der Waals surface area contributed by atoms with Crippen LogP contribution in [0.25, 0.3) is 0 Å². The van der Waals surface area contributed by atoms with Gasteiger partial charge < -0.3 is 5.32 Å². The summed E-state index contributed by atoms with van der Waals surface area (Å²) in [5.74, 6) is 0. The molecule has 0 bridgehead atoms. The van der Waals surface area contributed by atoms with E-state index in [-0.39, 0.29) is 0 Å². The van der Waals surface area contributed by atoms with E-state index in [2.05, 4.69) is 74.6 Å². The zero-order chi connectivity index (χ0) is 14.4. The number of hydrogen-bond donors (Lipinski definition) is 1. The molecule has 106 valence electrons. The van der Waals surface area contributed by atoms with Gasteiger partial charge in [-0.1, -0.05) is 55.5 Å². The molecular weight excluding hydrogens is 242 g/mol. The molecule has 0 saturated heterocycles. The quantitative estimate of drug-likeness (QED) is 0.807. The Balaban J connectivity index is 2.24. The zero-order valence-corrected chi connectivity index (χ0v) is 12.8. The Morgan fingerprint density at radius 2 is 1.55 bits per heavy atom. The van der Waals surface area contributed by atoms with Gasteiger partial charge >= 0.3 is 0 Å². The van der Waals surface area contributed by atoms with E-state index in [1.54, 1.807) is 0 Å². The Morgan fingerprint density at radius 1 is 0.900 bits per heavy atom. The number of hydrogen-bond acceptors (Lipinski definition) is 1. The maximum Gasteiger partial charge on any atom is 0.0361 e. The molecule has 0 aliphatic heterocycles. The van der Waals surface area contributed by atoms with Crippen LogP contribution in [0.4, 0.5) is 0 Å². The molecule has 0 saturated carbocycles. The van der Waals surface area contributed by atoms with E-state index in [0.717, 1.165) is 19.4 Å². The third-order valence-electron chi connectivity index (χ3n) is 3.90. The van der Waals surface area contributed by atoms with Gasteiger partial charge in [-0.3, -0.25) is 0 Å². The molecule has 0 spiro atoms. The van der Waals surface area contributed by atoms with Crippen LogP contribution >= 0.6 is 0 Å². The highest BCUT2D eigenvalue weighted by atomic mass is 14.9. The first-order chi connectivity index (χ1) is 9.72. The lowest BCUT2D eigenvalue weighted by molar-refractivity contribution is 0.527. The van der Waals surface area contributed by atoms with Gasteiger partial charge in [0, 0.05) is 6.04 Å². The first kappa shape index (κ1) is 14.8. The van der Waals surface area contributed by atoms with Gasteiger partial charge in [-0.25, -0.2) is 0 Å². The third-order valence-corrected chi connectivity index (χ3v) is 3.90. The molecule has 0 radical (unpaired) electrons. The lowest BCUT2D eigenvalue weighted by Crippen LogP contribution is -2.24. The van der Waals surface area contributed by atoms with Gasteiger partial charge in [0.2, 0.25) is 0 Å². The van der Waals surface area contributed by atoms with Crippen molar-refractivity contribution < 1.29 is 0 Å². The van der Waals surface area contributed by atoms with E-state index in [1.807, 2.05) is 0 Å². The van der Waals surface area contributed by atoms with Crippen LogP contribution < -0.4 is 5.32 Å². The van der Waals surface area contributed by atoms with Crippen molar-refractivity contribution in [2.45, 2.75) is 39.7 Å². The predicted molar refractivity (Wildman–Crippen MR) is 87.1 cm³/mol. The molecule has 0 fully saturated rings. The molecular formula is C19H25N. The van der Waals surface area contributed by atoms with E-state index >= 15 is 0 Å². The number of benzene rings is 2. The Bertz CT molecular complexity index is 510. The second kappa shape index (κ2) is 7.25. The molecule has 1 nitrogen and oxygen atoms in total. The molecule has 2 aromatic rings. The highest BCUT2D eigenvalue weighted by Crippen LogP contribution is 2.23. The van der Waals surface area contributed by atoms with E-state index in [4.69, 9.17) is 0 Å². The average molecular weight is 267 g/mol. The second-order valence-electron chi connectivity index (χ2n) is 5.49. The molecule has 20 heavy (non-hydrogen) atoms. The SMILES string of the molecule is CCCNC(Cc1c(C)cccc1C)c1ccccc1. The van der Waals surface area contributed by atoms with Gasteiger partial charge in [0.1, 0.15) is 0 Å². The predicted octanol–water partition coefficient (Wildman–Crippen LogP) is 4.59. The van der Waals surface area contributed by atoms with Crippen LogP contribution in [0, 0.1) is 13.8 Å². The Morgan fingerprint density at radius 3 is 2.15 bits per heavy atom. The van der Waals surface area contributed by atoms with Crippen LogP contribution in [0.3, 0.4) is 0 Å². The van der Waals surface area contributed by atoms with Crippen molar-refractivity contribution >= 4 is 0 Å². The molecule has 0 aromatic heterocycles. The minimum absolute atomic E-state index is 0.399. The summed E-state index contributed by atoms with van der Waals surface area (Å²) in [6, 6.07) is 17.7. The monoisotopic (exact) mass is 267 g/mol. The summed E-state index contributed by atoms with van der Waals surface area (Å²) in [7, 11) is 0. The van der Waals surface area contributed by atoms with Crippen molar-refractivity contribution in [2.75, 3.05) is 6.54 Å². The lowest BCUT2D eigenvalue weighted by atomic mass is 9.93. The van der Waals surface area contributed by atoms with Crippen molar-refractivity contribution in [3.8, 4) is 0 Å². The molecule has 0 aliphatic rings. The summed E-state index contributed by atoms with van der Waals surface area (Å²) >= 11 is 0. The van der Waals surface area contributed by atoms with Crippen LogP contribution in [0.1, 0.15) is 41.6 Å². The van der Waals surface area contributed by atoms with Gasteiger partial charge in [-0.2, -0.15) is 0 Å². The van der Waals surface area contributed by atoms with Crippen LogP contribution in [0.2, 0.25) is 0 Å². The van der Waals surface area contributed by atoms with Gasteiger partial charge in [0.25, 0.3) is 0 Å². The largest absolute Gasteiger partial charge is 0.310 e. The van der Waals surface area contributed by atoms with E-state index in [1.165, 1.54) is 22.3 Å². The zero-order valence-electron chi connectivity index (χ0n) is 12.8. The van der Waals surface area contributed by atoms with Crippen LogP contribution in [0.5, 0.6) is 0 Å². The highest BCUT2D eigenvalue weighted by Gasteiger charge is 2.13. The van der Waals surface area contributed by atoms with Crippen molar-refractivity contribution in [1.82, 2.24) is 5.32 Å². The summed E-state index contributed by atoms with van der Waals surface area (Å²) in [5.41, 5.74) is 5.64. The highest BCUT2D eigenvalue weighted by molar-refractivity contribution is 5.35. The first-order valence-electron chi connectivity index (χ1n) is 7.55. The average Bonchev–Trinajstić information content (AvgIpc) is 2.47. The molecule has 2 aromatic carbocycles. The molecule has 1 unspecified atom stereocenters. The third kappa shape index (κ3) is 3.71. The first-order valence-corrected chi connectivity index (χ1v) is 7.55. The van der Waals surface area contributed by atoms with Gasteiger partial charge in [-0.15, -0.1) is 0 Å². The summed E-state index contributed by atoms with van der Waals surface area (Å²) in [6.45, 7) is 7.70. The van der Waals surface area contributed by atoms with E-state index in [0.29, 0.717) is 6.04 Å². The number of rotatable bonds is 6. The van der Waals surface area contributed by atoms with Gasteiger partial charge in [-0.05, 0) is 55.5 Å². The fourth-order valence-electron chi connectivity index (χ4n) is 2.69. The summed E-state index contributed by atoms with van der Waals surface area (Å²) < 4.78 is 0. The van der Waals surface area contributed by atoms with E-state index in [9.17, 15) is 0 Å². The summed E-state index contributed by atoms with van der Waals surface area (Å²) in [5, 5.41) is 3.69. The molecule has 1 N–H and O–H groups in total. The van der Waals surface area contributed by atoms with Crippen molar-refractivity contribution in [2.24, 2.45) is 0 Å². The van der Waals surface area contributed by atoms with E-state index < -0.39 is 0 Å². The Labute approximate surface area is 123 Å². The summed E-state index contributed by atoms with van der Waals surface area (Å²) in [4.78, 5) is 0. The number of aryl methyl sites for hydroxylation is 2. The Kier molecular flexibility index (Phi) is 5.37. The van der Waals surface area contributed by atoms with Gasteiger partial charge in [0.15, 0.2) is 0 Å². The van der Waals surface area contributed by atoms with Crippen LogP contribution in [-0.4, -0.2) is 6.54 Å². The normalized spacial score (nSPS) is 12.3. The van der Waals surface area contributed by atoms with Gasteiger partial charge in [0.05, 0.1) is 0 Å². The maximum absolute atomic E-state index is 3.69. The molecule has 1 heteroatoms. The molecule has 0 amide bonds. The second-order valence-corrected chi connectivity index (χ2v) is 5.49. The summed E-state index contributed by atoms with van der Waals surface area (Å²) in [6.07, 6.45) is 2.22. The maximum atomic E-state index is 3.69. The molecule has 0 aliphatic carbocycles. The van der Waals surface area contributed by atoms with Crippen LogP contribution in [-0.2, 0) is 6.42 Å². The molecule has 2 rings (SSSR count). The lowest BCUT2D eigenvalue weighted by Gasteiger charge is -2.21. The standard InChI is InChI=1S/C19H25N/c1-4-13-20-19(17-11-6-5-7-12-17)14-18-15(2)9-8-10-16(18)3/h5-12,19-20H,4,13-14H2,1-3H3. The van der Waals surface area contributed by atoms with Crippen molar-refractivity contribution in [3.05, 3.63) is 70.8 Å². The topological polar surface area (TPSA) is 12.0 Å². The minimum Gasteiger partial charge on any atom is -0.310 e. The van der Waals surface area contributed by atoms with Crippen molar-refractivity contribution in [1.29, 1.82) is 0 Å².